The summed E-state index contributed by atoms with van der Waals surface area (Å²) < 4.78 is 0. The highest BCUT2D eigenvalue weighted by Gasteiger charge is 2.34. The average molecular weight is 325 g/mol. The molecule has 1 atom stereocenters. The zero-order valence-corrected chi connectivity index (χ0v) is 13.0. The number of rotatable bonds is 6. The second-order valence-corrected chi connectivity index (χ2v) is 6.07. The minimum atomic E-state index is -1.23. The average Bonchev–Trinajstić information content (AvgIpc) is 3.06. The number of hydrazine groups is 1. The molecule has 0 spiro atoms. The summed E-state index contributed by atoms with van der Waals surface area (Å²) in [6.07, 6.45) is 7.49. The Bertz CT molecular complexity index is 476. The van der Waals surface area contributed by atoms with Gasteiger partial charge in [0.05, 0.1) is 12.5 Å². The van der Waals surface area contributed by atoms with Crippen LogP contribution in [-0.2, 0) is 9.59 Å². The Kier molecular flexibility index (Phi) is 5.97. The van der Waals surface area contributed by atoms with E-state index in [1.54, 1.807) is 6.08 Å². The van der Waals surface area contributed by atoms with Gasteiger partial charge in [-0.05, 0) is 18.8 Å². The first-order valence-electron chi connectivity index (χ1n) is 7.94. The van der Waals surface area contributed by atoms with E-state index in [1.165, 1.54) is 11.2 Å². The molecule has 1 aliphatic heterocycles. The summed E-state index contributed by atoms with van der Waals surface area (Å²) in [5.41, 5.74) is 0. The summed E-state index contributed by atoms with van der Waals surface area (Å²) in [6, 6.07) is 0. The van der Waals surface area contributed by atoms with Crippen LogP contribution in [0.4, 0.5) is 4.79 Å². The Hall–Kier alpha value is -2.09. The van der Waals surface area contributed by atoms with Gasteiger partial charge in [0, 0.05) is 12.7 Å². The lowest BCUT2D eigenvalue weighted by molar-refractivity contribution is -0.162. The lowest BCUT2D eigenvalue weighted by Gasteiger charge is -2.35. The highest BCUT2D eigenvalue weighted by Crippen LogP contribution is 2.31. The third-order valence-corrected chi connectivity index (χ3v) is 4.44. The van der Waals surface area contributed by atoms with Crippen molar-refractivity contribution >= 4 is 18.4 Å². The van der Waals surface area contributed by atoms with Crippen LogP contribution in [-0.4, -0.2) is 56.9 Å². The predicted molar refractivity (Wildman–Crippen MR) is 80.0 cm³/mol. The molecule has 0 aromatic carbocycles. The van der Waals surface area contributed by atoms with Crippen molar-refractivity contribution in [2.24, 2.45) is 11.8 Å². The van der Waals surface area contributed by atoms with E-state index in [-0.39, 0.29) is 25.4 Å². The van der Waals surface area contributed by atoms with Gasteiger partial charge in [-0.1, -0.05) is 31.8 Å². The fourth-order valence-electron chi connectivity index (χ4n) is 3.32. The lowest BCUT2D eigenvalue weighted by atomic mass is 9.92. The van der Waals surface area contributed by atoms with Crippen molar-refractivity contribution in [3.63, 3.8) is 0 Å². The maximum absolute atomic E-state index is 12.8. The molecule has 2 N–H and O–H groups in total. The van der Waals surface area contributed by atoms with Crippen LogP contribution in [0.1, 0.15) is 38.5 Å². The fourth-order valence-corrected chi connectivity index (χ4v) is 3.32. The summed E-state index contributed by atoms with van der Waals surface area (Å²) >= 11 is 0. The number of carbonyl (C=O) groups excluding carboxylic acids is 2. The van der Waals surface area contributed by atoms with Gasteiger partial charge in [0.15, 0.2) is 0 Å². The zero-order chi connectivity index (χ0) is 16.8. The number of hydrogen-bond acceptors (Lipinski definition) is 4. The van der Waals surface area contributed by atoms with Gasteiger partial charge in [0.1, 0.15) is 0 Å². The molecule has 1 fully saturated rings. The number of carbonyl (C=O) groups is 3. The largest absolute Gasteiger partial charge is 0.463 e. The minimum Gasteiger partial charge on any atom is -0.463 e. The van der Waals surface area contributed by atoms with Gasteiger partial charge < -0.3 is 5.11 Å². The number of amides is 3. The van der Waals surface area contributed by atoms with Crippen LogP contribution in [0.5, 0.6) is 0 Å². The van der Waals surface area contributed by atoms with Crippen LogP contribution in [0.25, 0.3) is 0 Å². The van der Waals surface area contributed by atoms with E-state index in [0.29, 0.717) is 23.8 Å². The SMILES string of the molecule is O=CN(O)C[C@@H](CC1CCCC1)C(=O)N1CCC=CN1C(=O)O. The molecule has 2 rings (SSSR count). The van der Waals surface area contributed by atoms with Crippen molar-refractivity contribution in [3.8, 4) is 0 Å². The van der Waals surface area contributed by atoms with Gasteiger partial charge in [0.2, 0.25) is 12.3 Å². The van der Waals surface area contributed by atoms with Gasteiger partial charge in [-0.3, -0.25) is 14.8 Å². The second-order valence-electron chi connectivity index (χ2n) is 6.07. The Morgan fingerprint density at radius 1 is 1.35 bits per heavy atom. The van der Waals surface area contributed by atoms with Crippen LogP contribution in [0, 0.1) is 11.8 Å². The highest BCUT2D eigenvalue weighted by molar-refractivity contribution is 5.82. The van der Waals surface area contributed by atoms with Crippen LogP contribution >= 0.6 is 0 Å². The number of hydroxylamine groups is 2. The van der Waals surface area contributed by atoms with Crippen LogP contribution in [0.3, 0.4) is 0 Å². The fraction of sp³-hybridized carbons (Fsp3) is 0.667. The summed E-state index contributed by atoms with van der Waals surface area (Å²) in [6.45, 7) is 0.155. The molecule has 23 heavy (non-hydrogen) atoms. The highest BCUT2D eigenvalue weighted by atomic mass is 16.5. The first kappa shape index (κ1) is 17.3. The van der Waals surface area contributed by atoms with Crippen LogP contribution < -0.4 is 0 Å². The number of nitrogens with zero attached hydrogens (tertiary/aromatic N) is 3. The van der Waals surface area contributed by atoms with E-state index in [4.69, 9.17) is 0 Å². The summed E-state index contributed by atoms with van der Waals surface area (Å²) in [7, 11) is 0. The smallest absolute Gasteiger partial charge is 0.430 e. The molecule has 0 saturated heterocycles. The molecule has 8 nitrogen and oxygen atoms in total. The van der Waals surface area contributed by atoms with E-state index < -0.39 is 12.0 Å². The van der Waals surface area contributed by atoms with E-state index >= 15 is 0 Å². The van der Waals surface area contributed by atoms with Crippen molar-refractivity contribution in [1.29, 1.82) is 0 Å². The van der Waals surface area contributed by atoms with Gasteiger partial charge in [0.25, 0.3) is 0 Å². The zero-order valence-electron chi connectivity index (χ0n) is 13.0. The first-order chi connectivity index (χ1) is 11.0. The second kappa shape index (κ2) is 7.96. The van der Waals surface area contributed by atoms with Crippen molar-refractivity contribution in [1.82, 2.24) is 15.1 Å². The van der Waals surface area contributed by atoms with Gasteiger partial charge in [-0.2, -0.15) is 5.01 Å². The third kappa shape index (κ3) is 4.44. The molecule has 0 aromatic heterocycles. The maximum atomic E-state index is 12.8. The molecule has 0 bridgehead atoms. The van der Waals surface area contributed by atoms with Gasteiger partial charge in [-0.15, -0.1) is 0 Å². The molecule has 1 heterocycles. The Balaban J connectivity index is 2.11. The predicted octanol–water partition coefficient (Wildman–Crippen LogP) is 1.67. The summed E-state index contributed by atoms with van der Waals surface area (Å²) in [5.74, 6) is -0.603. The molecule has 0 aromatic rings. The van der Waals surface area contributed by atoms with Crippen molar-refractivity contribution in [2.75, 3.05) is 13.1 Å². The third-order valence-electron chi connectivity index (χ3n) is 4.44. The summed E-state index contributed by atoms with van der Waals surface area (Å²) in [5, 5.41) is 21.2. The van der Waals surface area contributed by atoms with Crippen molar-refractivity contribution in [3.05, 3.63) is 12.3 Å². The van der Waals surface area contributed by atoms with Crippen LogP contribution in [0.15, 0.2) is 12.3 Å². The molecular formula is C15H23N3O5. The topological polar surface area (TPSA) is 101 Å². The molecule has 0 radical (unpaired) electrons. The monoisotopic (exact) mass is 325 g/mol. The Morgan fingerprint density at radius 2 is 2.04 bits per heavy atom. The number of carboxylic acid groups (broad SMARTS) is 1. The van der Waals surface area contributed by atoms with Crippen molar-refractivity contribution < 1.29 is 24.7 Å². The van der Waals surface area contributed by atoms with Crippen LogP contribution in [0.2, 0.25) is 0 Å². The first-order valence-corrected chi connectivity index (χ1v) is 7.94. The molecule has 2 aliphatic rings. The van der Waals surface area contributed by atoms with Gasteiger partial charge in [-0.25, -0.2) is 14.9 Å². The molecule has 3 amide bonds. The van der Waals surface area contributed by atoms with Crippen molar-refractivity contribution in [2.45, 2.75) is 38.5 Å². The molecule has 128 valence electrons. The molecule has 1 saturated carbocycles. The molecule has 1 aliphatic carbocycles. The summed E-state index contributed by atoms with van der Waals surface area (Å²) in [4.78, 5) is 34.7. The van der Waals surface area contributed by atoms with Gasteiger partial charge >= 0.3 is 6.09 Å². The molecule has 0 unspecified atom stereocenters. The molecular weight excluding hydrogens is 302 g/mol. The van der Waals surface area contributed by atoms with E-state index in [1.807, 2.05) is 0 Å². The normalized spacial score (nSPS) is 19.7. The lowest BCUT2D eigenvalue weighted by Crippen LogP contribution is -2.52. The Labute approximate surface area is 134 Å². The minimum absolute atomic E-state index is 0.119. The quantitative estimate of drug-likeness (QED) is 0.439. The standard InChI is InChI=1S/C15H23N3O5/c19-11-16(23)10-13(9-12-5-1-2-6-12)14(20)17-7-3-4-8-18(17)15(21)22/h4,8,11-13,23H,1-3,5-7,9-10H2,(H,21,22)/t13-/m1/s1. The molecule has 8 heteroatoms. The van der Waals surface area contributed by atoms with E-state index in [2.05, 4.69) is 0 Å². The van der Waals surface area contributed by atoms with E-state index in [0.717, 1.165) is 30.7 Å². The number of hydrogen-bond donors (Lipinski definition) is 2. The maximum Gasteiger partial charge on any atom is 0.430 e. The van der Waals surface area contributed by atoms with E-state index in [9.17, 15) is 24.7 Å². The Morgan fingerprint density at radius 3 is 2.65 bits per heavy atom.